The van der Waals surface area contributed by atoms with Gasteiger partial charge >= 0.3 is 12.2 Å². The molecular formula is C22H17F3N4O2S2. The Kier molecular flexibility index (Phi) is 6.80. The molecule has 1 aromatic carbocycles. The van der Waals surface area contributed by atoms with E-state index in [-0.39, 0.29) is 23.4 Å². The summed E-state index contributed by atoms with van der Waals surface area (Å²) in [5, 5.41) is 12.6. The molecule has 0 unspecified atom stereocenters. The molecule has 0 bridgehead atoms. The number of rotatable bonds is 8. The first-order chi connectivity index (χ1) is 15.8. The molecule has 0 aliphatic rings. The van der Waals surface area contributed by atoms with E-state index in [9.17, 15) is 18.0 Å². The van der Waals surface area contributed by atoms with E-state index in [0.29, 0.717) is 12.2 Å². The molecule has 0 fully saturated rings. The fourth-order valence-electron chi connectivity index (χ4n) is 2.96. The van der Waals surface area contributed by atoms with Gasteiger partial charge in [-0.2, -0.15) is 13.2 Å². The molecule has 4 aromatic rings. The van der Waals surface area contributed by atoms with Crippen LogP contribution >= 0.6 is 23.1 Å². The van der Waals surface area contributed by atoms with Crippen LogP contribution in [-0.4, -0.2) is 21.0 Å². The second-order valence-electron chi connectivity index (χ2n) is 7.06. The molecule has 1 N–H and O–H groups in total. The summed E-state index contributed by atoms with van der Waals surface area (Å²) in [5.41, 5.74) is 1.93. The lowest BCUT2D eigenvalue weighted by Gasteiger charge is -2.08. The van der Waals surface area contributed by atoms with Crippen molar-refractivity contribution in [2.45, 2.75) is 29.5 Å². The smallest absolute Gasteiger partial charge is 0.403 e. The summed E-state index contributed by atoms with van der Waals surface area (Å²) < 4.78 is 45.3. The van der Waals surface area contributed by atoms with E-state index < -0.39 is 11.7 Å². The number of aromatic nitrogens is 3. The van der Waals surface area contributed by atoms with Gasteiger partial charge in [0, 0.05) is 29.8 Å². The zero-order valence-corrected chi connectivity index (χ0v) is 18.9. The lowest BCUT2D eigenvalue weighted by atomic mass is 10.2. The Morgan fingerprint density at radius 3 is 2.82 bits per heavy atom. The van der Waals surface area contributed by atoms with Crippen molar-refractivity contribution in [1.29, 1.82) is 0 Å². The lowest BCUT2D eigenvalue weighted by Crippen LogP contribution is -2.05. The van der Waals surface area contributed by atoms with Crippen LogP contribution in [0.1, 0.15) is 23.7 Å². The number of pyridine rings is 1. The van der Waals surface area contributed by atoms with Crippen molar-refractivity contribution in [2.24, 2.45) is 0 Å². The first kappa shape index (κ1) is 23.0. The van der Waals surface area contributed by atoms with Gasteiger partial charge in [-0.15, -0.1) is 28.2 Å². The Morgan fingerprint density at radius 2 is 2.03 bits per heavy atom. The van der Waals surface area contributed by atoms with Crippen molar-refractivity contribution in [1.82, 2.24) is 15.2 Å². The second kappa shape index (κ2) is 9.75. The number of benzene rings is 1. The average Bonchev–Trinajstić information content (AvgIpc) is 3.41. The number of carbonyl (C=O) groups excluding carboxylic acids is 1. The van der Waals surface area contributed by atoms with E-state index in [0.717, 1.165) is 33.2 Å². The Bertz CT molecular complexity index is 1270. The SMILES string of the molecule is CC(=O)Cc1cc(CSc2sccc2-c2nnc(Nc3cccc(C(F)(F)F)c3)o2)ccn1. The van der Waals surface area contributed by atoms with E-state index in [1.54, 1.807) is 18.0 Å². The van der Waals surface area contributed by atoms with Crippen molar-refractivity contribution >= 4 is 40.6 Å². The number of nitrogens with zero attached hydrogens (tertiary/aromatic N) is 3. The number of thioether (sulfide) groups is 1. The van der Waals surface area contributed by atoms with Gasteiger partial charge < -0.3 is 9.73 Å². The van der Waals surface area contributed by atoms with Crippen LogP contribution in [0.15, 0.2) is 62.7 Å². The van der Waals surface area contributed by atoms with Crippen molar-refractivity contribution in [3.63, 3.8) is 0 Å². The number of halogens is 3. The number of ketones is 1. The molecule has 6 nitrogen and oxygen atoms in total. The number of hydrogen-bond donors (Lipinski definition) is 1. The summed E-state index contributed by atoms with van der Waals surface area (Å²) in [7, 11) is 0. The summed E-state index contributed by atoms with van der Waals surface area (Å²) in [5.74, 6) is 0.976. The molecular weight excluding hydrogens is 473 g/mol. The van der Waals surface area contributed by atoms with E-state index >= 15 is 0 Å². The zero-order valence-electron chi connectivity index (χ0n) is 17.2. The van der Waals surface area contributed by atoms with Crippen LogP contribution in [0.3, 0.4) is 0 Å². The van der Waals surface area contributed by atoms with E-state index in [4.69, 9.17) is 4.42 Å². The standard InChI is InChI=1S/C22H17F3N4O2S2/c1-13(30)9-17-10-14(5-7-26-17)12-33-20-18(6-8-32-20)19-28-29-21(31-19)27-16-4-2-3-15(11-16)22(23,24)25/h2-8,10-11H,9,12H2,1H3,(H,27,29). The highest BCUT2D eigenvalue weighted by Crippen LogP contribution is 2.38. The van der Waals surface area contributed by atoms with Crippen molar-refractivity contribution in [3.8, 4) is 11.5 Å². The quantitative estimate of drug-likeness (QED) is 0.287. The van der Waals surface area contributed by atoms with Gasteiger partial charge in [-0.3, -0.25) is 9.78 Å². The number of nitrogens with one attached hydrogen (secondary N) is 1. The van der Waals surface area contributed by atoms with Crippen LogP contribution in [0.2, 0.25) is 0 Å². The maximum atomic E-state index is 12.9. The third-order valence-electron chi connectivity index (χ3n) is 4.41. The maximum Gasteiger partial charge on any atom is 0.416 e. The van der Waals surface area contributed by atoms with Crippen LogP contribution in [0.4, 0.5) is 24.9 Å². The molecule has 0 radical (unpaired) electrons. The molecule has 0 saturated carbocycles. The van der Waals surface area contributed by atoms with E-state index in [1.807, 2.05) is 23.6 Å². The number of anilines is 2. The first-order valence-corrected chi connectivity index (χ1v) is 11.6. The molecule has 0 spiro atoms. The Morgan fingerprint density at radius 1 is 1.18 bits per heavy atom. The molecule has 0 saturated heterocycles. The minimum atomic E-state index is -4.44. The minimum absolute atomic E-state index is 0.00511. The molecule has 0 aliphatic heterocycles. The maximum absolute atomic E-state index is 12.9. The first-order valence-electron chi connectivity index (χ1n) is 9.69. The largest absolute Gasteiger partial charge is 0.416 e. The highest BCUT2D eigenvalue weighted by molar-refractivity contribution is 8.00. The van der Waals surface area contributed by atoms with Crippen LogP contribution in [0.25, 0.3) is 11.5 Å². The molecule has 3 heterocycles. The predicted molar refractivity (Wildman–Crippen MR) is 121 cm³/mol. The van der Waals surface area contributed by atoms with Crippen LogP contribution in [0.5, 0.6) is 0 Å². The third kappa shape index (κ3) is 5.99. The zero-order chi connectivity index (χ0) is 23.4. The third-order valence-corrected chi connectivity index (χ3v) is 6.72. The van der Waals surface area contributed by atoms with Gasteiger partial charge in [0.05, 0.1) is 15.3 Å². The molecule has 4 rings (SSSR count). The van der Waals surface area contributed by atoms with Crippen LogP contribution < -0.4 is 5.32 Å². The Hall–Kier alpha value is -3.18. The van der Waals surface area contributed by atoms with E-state index in [1.165, 1.54) is 30.4 Å². The minimum Gasteiger partial charge on any atom is -0.403 e. The number of alkyl halides is 3. The molecule has 3 aromatic heterocycles. The molecule has 0 aliphatic carbocycles. The Balaban J connectivity index is 1.45. The summed E-state index contributed by atoms with van der Waals surface area (Å²) in [6.45, 7) is 1.53. The second-order valence-corrected chi connectivity index (χ2v) is 9.22. The van der Waals surface area contributed by atoms with Gasteiger partial charge in [-0.1, -0.05) is 11.2 Å². The predicted octanol–water partition coefficient (Wildman–Crippen LogP) is 6.38. The summed E-state index contributed by atoms with van der Waals surface area (Å²) in [6, 6.07) is 10.4. The lowest BCUT2D eigenvalue weighted by molar-refractivity contribution is -0.137. The topological polar surface area (TPSA) is 80.9 Å². The molecule has 0 amide bonds. The van der Waals surface area contributed by atoms with Gasteiger partial charge in [0.15, 0.2) is 0 Å². The summed E-state index contributed by atoms with van der Waals surface area (Å²) >= 11 is 3.10. The summed E-state index contributed by atoms with van der Waals surface area (Å²) in [4.78, 5) is 15.5. The molecule has 170 valence electrons. The van der Waals surface area contributed by atoms with Gasteiger partial charge in [0.25, 0.3) is 5.89 Å². The summed E-state index contributed by atoms with van der Waals surface area (Å²) in [6.07, 6.45) is -2.46. The molecule has 0 atom stereocenters. The molecule has 33 heavy (non-hydrogen) atoms. The number of hydrogen-bond acceptors (Lipinski definition) is 8. The number of thiophene rings is 1. The normalized spacial score (nSPS) is 11.5. The van der Waals surface area contributed by atoms with Gasteiger partial charge in [0.2, 0.25) is 0 Å². The highest BCUT2D eigenvalue weighted by atomic mass is 32.2. The number of Topliss-reactive ketones (excluding diaryl/α,β-unsaturated/α-hetero) is 1. The van der Waals surface area contributed by atoms with Crippen LogP contribution in [-0.2, 0) is 23.1 Å². The van der Waals surface area contributed by atoms with Crippen molar-refractivity contribution < 1.29 is 22.4 Å². The fraction of sp³-hybridized carbons (Fsp3) is 0.182. The molecule has 11 heteroatoms. The van der Waals surface area contributed by atoms with Crippen LogP contribution in [0, 0.1) is 0 Å². The van der Waals surface area contributed by atoms with Gasteiger partial charge in [0.1, 0.15) is 5.78 Å². The highest BCUT2D eigenvalue weighted by Gasteiger charge is 2.30. The van der Waals surface area contributed by atoms with Gasteiger partial charge in [-0.25, -0.2) is 0 Å². The van der Waals surface area contributed by atoms with Gasteiger partial charge in [-0.05, 0) is 54.3 Å². The Labute approximate surface area is 195 Å². The monoisotopic (exact) mass is 490 g/mol. The van der Waals surface area contributed by atoms with Crippen molar-refractivity contribution in [3.05, 3.63) is 70.9 Å². The number of carbonyl (C=O) groups is 1. The van der Waals surface area contributed by atoms with Crippen molar-refractivity contribution in [2.75, 3.05) is 5.32 Å². The average molecular weight is 491 g/mol. The fourth-order valence-corrected chi connectivity index (χ4v) is 4.98. The van der Waals surface area contributed by atoms with E-state index in [2.05, 4.69) is 20.5 Å².